The molecule has 0 heterocycles. The number of hydrogen-bond acceptors (Lipinski definition) is 3. The van der Waals surface area contributed by atoms with Crippen molar-refractivity contribution >= 4 is 10.0 Å². The highest BCUT2D eigenvalue weighted by atomic mass is 32.2. The van der Waals surface area contributed by atoms with Crippen LogP contribution in [0.15, 0.2) is 24.3 Å². The van der Waals surface area contributed by atoms with Gasteiger partial charge < -0.3 is 4.74 Å². The molecule has 1 aromatic rings. The molecule has 0 radical (unpaired) electrons. The van der Waals surface area contributed by atoms with Crippen LogP contribution in [0.2, 0.25) is 0 Å². The van der Waals surface area contributed by atoms with E-state index in [9.17, 15) is 21.6 Å². The molecule has 0 aliphatic carbocycles. The number of para-hydroxylation sites is 1. The van der Waals surface area contributed by atoms with E-state index < -0.39 is 22.1 Å². The summed E-state index contributed by atoms with van der Waals surface area (Å²) in [4.78, 5) is 0. The smallest absolute Gasteiger partial charge is 0.405 e. The molecule has 0 bridgehead atoms. The summed E-state index contributed by atoms with van der Waals surface area (Å²) in [5.74, 6) is -0.557. The predicted molar refractivity (Wildman–Crippen MR) is 59.4 cm³/mol. The molecule has 1 N–H and O–H groups in total. The van der Waals surface area contributed by atoms with Crippen LogP contribution in [0, 0.1) is 0 Å². The molecule has 102 valence electrons. The minimum absolute atomic E-state index is 0.117. The molecule has 0 aromatic heterocycles. The van der Waals surface area contributed by atoms with Crippen molar-refractivity contribution in [1.29, 1.82) is 0 Å². The minimum atomic E-state index is -4.81. The maximum absolute atomic E-state index is 12.1. The molecular formula is C10H12F3NO3S. The van der Waals surface area contributed by atoms with Gasteiger partial charge in [-0.3, -0.25) is 0 Å². The predicted octanol–water partition coefficient (Wildman–Crippen LogP) is 2.02. The molecule has 18 heavy (non-hydrogen) atoms. The summed E-state index contributed by atoms with van der Waals surface area (Å²) >= 11 is 0. The molecule has 0 atom stereocenters. The molecule has 4 nitrogen and oxygen atoms in total. The highest BCUT2D eigenvalue weighted by molar-refractivity contribution is 7.89. The van der Waals surface area contributed by atoms with E-state index in [-0.39, 0.29) is 17.9 Å². The van der Waals surface area contributed by atoms with Gasteiger partial charge >= 0.3 is 6.36 Å². The number of alkyl halides is 3. The number of nitrogens with one attached hydrogen (secondary N) is 1. The van der Waals surface area contributed by atoms with Crippen LogP contribution in [0.25, 0.3) is 0 Å². The van der Waals surface area contributed by atoms with Crippen LogP contribution in [0.3, 0.4) is 0 Å². The Morgan fingerprint density at radius 3 is 2.44 bits per heavy atom. The molecule has 0 saturated heterocycles. The minimum Gasteiger partial charge on any atom is -0.405 e. The first-order valence-corrected chi connectivity index (χ1v) is 6.70. The highest BCUT2D eigenvalue weighted by Crippen LogP contribution is 2.26. The second kappa shape index (κ2) is 5.57. The average Bonchev–Trinajstić information content (AvgIpc) is 2.26. The molecule has 8 heteroatoms. The van der Waals surface area contributed by atoms with Gasteiger partial charge in [0.25, 0.3) is 0 Å². The van der Waals surface area contributed by atoms with E-state index in [4.69, 9.17) is 0 Å². The van der Waals surface area contributed by atoms with Crippen molar-refractivity contribution in [2.24, 2.45) is 0 Å². The van der Waals surface area contributed by atoms with E-state index in [0.29, 0.717) is 0 Å². The van der Waals surface area contributed by atoms with Crippen LogP contribution in [-0.4, -0.2) is 20.5 Å². The van der Waals surface area contributed by atoms with Crippen molar-refractivity contribution in [2.45, 2.75) is 19.8 Å². The van der Waals surface area contributed by atoms with E-state index in [2.05, 4.69) is 9.46 Å². The molecule has 0 aliphatic rings. The molecule has 0 fully saturated rings. The summed E-state index contributed by atoms with van der Waals surface area (Å²) in [5.41, 5.74) is 0.117. The van der Waals surface area contributed by atoms with Crippen molar-refractivity contribution in [3.63, 3.8) is 0 Å². The first-order chi connectivity index (χ1) is 8.23. The third-order valence-corrected chi connectivity index (χ3v) is 3.41. The van der Waals surface area contributed by atoms with Crippen molar-refractivity contribution in [3.8, 4) is 5.75 Å². The fourth-order valence-corrected chi connectivity index (χ4v) is 1.74. The maximum atomic E-state index is 12.1. The summed E-state index contributed by atoms with van der Waals surface area (Å²) in [6.45, 7) is 1.18. The quantitative estimate of drug-likeness (QED) is 0.899. The molecule has 0 unspecified atom stereocenters. The monoisotopic (exact) mass is 283 g/mol. The average molecular weight is 283 g/mol. The van der Waals surface area contributed by atoms with Gasteiger partial charge in [0.2, 0.25) is 10.0 Å². The van der Waals surface area contributed by atoms with Crippen LogP contribution >= 0.6 is 0 Å². The Morgan fingerprint density at radius 1 is 1.28 bits per heavy atom. The number of hydrogen-bond donors (Lipinski definition) is 1. The van der Waals surface area contributed by atoms with Gasteiger partial charge in [-0.1, -0.05) is 18.2 Å². The van der Waals surface area contributed by atoms with Gasteiger partial charge in [0.05, 0.1) is 5.75 Å². The highest BCUT2D eigenvalue weighted by Gasteiger charge is 2.32. The fraction of sp³-hybridized carbons (Fsp3) is 0.400. The third kappa shape index (κ3) is 4.92. The molecular weight excluding hydrogens is 271 g/mol. The van der Waals surface area contributed by atoms with Gasteiger partial charge in [0, 0.05) is 12.1 Å². The van der Waals surface area contributed by atoms with Crippen molar-refractivity contribution < 1.29 is 26.3 Å². The summed E-state index contributed by atoms with van der Waals surface area (Å²) in [6.07, 6.45) is -4.81. The summed E-state index contributed by atoms with van der Waals surface area (Å²) < 4.78 is 64.7. The number of halogens is 3. The molecule has 1 aromatic carbocycles. The van der Waals surface area contributed by atoms with Gasteiger partial charge in [-0.2, -0.15) is 0 Å². The van der Waals surface area contributed by atoms with Crippen LogP contribution in [0.4, 0.5) is 13.2 Å². The molecule has 0 saturated carbocycles. The zero-order valence-electron chi connectivity index (χ0n) is 9.49. The number of ether oxygens (including phenoxy) is 1. The molecule has 0 spiro atoms. The van der Waals surface area contributed by atoms with E-state index in [0.717, 1.165) is 6.07 Å². The van der Waals surface area contributed by atoms with Gasteiger partial charge in [0.1, 0.15) is 5.75 Å². The first kappa shape index (κ1) is 14.8. The largest absolute Gasteiger partial charge is 0.573 e. The maximum Gasteiger partial charge on any atom is 0.573 e. The van der Waals surface area contributed by atoms with E-state index in [1.54, 1.807) is 0 Å². The van der Waals surface area contributed by atoms with Crippen molar-refractivity contribution in [3.05, 3.63) is 29.8 Å². The van der Waals surface area contributed by atoms with Crippen LogP contribution in [0.1, 0.15) is 12.5 Å². The first-order valence-electron chi connectivity index (χ1n) is 5.04. The van der Waals surface area contributed by atoms with E-state index >= 15 is 0 Å². The lowest BCUT2D eigenvalue weighted by Gasteiger charge is -2.13. The molecule has 1 rings (SSSR count). The number of sulfonamides is 1. The zero-order chi connectivity index (χ0) is 13.8. The second-order valence-corrected chi connectivity index (χ2v) is 5.48. The Balaban J connectivity index is 2.83. The van der Waals surface area contributed by atoms with Crippen LogP contribution in [0.5, 0.6) is 5.75 Å². The topological polar surface area (TPSA) is 55.4 Å². The van der Waals surface area contributed by atoms with Gasteiger partial charge in [-0.25, -0.2) is 13.1 Å². The summed E-state index contributed by atoms with van der Waals surface area (Å²) in [7, 11) is -3.46. The Hall–Kier alpha value is -1.28. The van der Waals surface area contributed by atoms with Crippen molar-refractivity contribution in [1.82, 2.24) is 4.72 Å². The van der Waals surface area contributed by atoms with Crippen LogP contribution < -0.4 is 9.46 Å². The van der Waals surface area contributed by atoms with Gasteiger partial charge in [-0.05, 0) is 13.0 Å². The Morgan fingerprint density at radius 2 is 1.89 bits per heavy atom. The lowest BCUT2D eigenvalue weighted by molar-refractivity contribution is -0.274. The normalized spacial score (nSPS) is 12.4. The summed E-state index contributed by atoms with van der Waals surface area (Å²) in [5, 5.41) is 0. The van der Waals surface area contributed by atoms with Gasteiger partial charge in [0.15, 0.2) is 0 Å². The Bertz CT molecular complexity index is 499. The lowest BCUT2D eigenvalue weighted by atomic mass is 10.2. The van der Waals surface area contributed by atoms with E-state index in [1.165, 1.54) is 25.1 Å². The van der Waals surface area contributed by atoms with Crippen molar-refractivity contribution in [2.75, 3.05) is 5.75 Å². The Labute approximate surface area is 103 Å². The number of rotatable bonds is 5. The standard InChI is InChI=1S/C10H12F3NO3S/c1-2-18(15,16)14-7-8-5-3-4-6-9(8)17-10(11,12)13/h3-6,14H,2,7H2,1H3. The summed E-state index contributed by atoms with van der Waals surface area (Å²) in [6, 6.07) is 5.36. The molecule has 0 amide bonds. The van der Waals surface area contributed by atoms with E-state index in [1.807, 2.05) is 0 Å². The fourth-order valence-electron chi connectivity index (χ4n) is 1.16. The third-order valence-electron chi connectivity index (χ3n) is 2.06. The number of benzene rings is 1. The SMILES string of the molecule is CCS(=O)(=O)NCc1ccccc1OC(F)(F)F. The van der Waals surface area contributed by atoms with Crippen LogP contribution in [-0.2, 0) is 16.6 Å². The second-order valence-electron chi connectivity index (χ2n) is 3.38. The zero-order valence-corrected chi connectivity index (χ0v) is 10.3. The van der Waals surface area contributed by atoms with Gasteiger partial charge in [-0.15, -0.1) is 13.2 Å². The Kier molecular flexibility index (Phi) is 4.58. The lowest BCUT2D eigenvalue weighted by Crippen LogP contribution is -2.25. The molecule has 0 aliphatic heterocycles.